The molecule has 3 N–H and O–H groups in total. The van der Waals surface area contributed by atoms with Crippen LogP contribution in [0.2, 0.25) is 0 Å². The van der Waals surface area contributed by atoms with Crippen molar-refractivity contribution in [3.63, 3.8) is 0 Å². The van der Waals surface area contributed by atoms with Gasteiger partial charge in [0, 0.05) is 18.2 Å². The van der Waals surface area contributed by atoms with E-state index in [1.165, 1.54) is 6.07 Å². The van der Waals surface area contributed by atoms with Gasteiger partial charge in [-0.3, -0.25) is 10.1 Å². The number of para-hydroxylation sites is 1. The number of hydrogen-bond acceptors (Lipinski definition) is 5. The molecule has 1 amide bonds. The van der Waals surface area contributed by atoms with Crippen molar-refractivity contribution >= 4 is 11.8 Å². The summed E-state index contributed by atoms with van der Waals surface area (Å²) >= 11 is 0. The summed E-state index contributed by atoms with van der Waals surface area (Å²) in [6.07, 6.45) is -0.605. The lowest BCUT2D eigenvalue weighted by molar-refractivity contribution is -0.385. The Morgan fingerprint density at radius 3 is 2.60 bits per heavy atom. The quantitative estimate of drug-likeness (QED) is 0.649. The number of ether oxygens (including phenoxy) is 1. The van der Waals surface area contributed by atoms with Crippen molar-refractivity contribution in [1.82, 2.24) is 5.32 Å². The lowest BCUT2D eigenvalue weighted by Gasteiger charge is -2.20. The normalized spacial score (nSPS) is 12.6. The first-order valence-corrected chi connectivity index (χ1v) is 6.16. The topological polar surface area (TPSA) is 107 Å². The van der Waals surface area contributed by atoms with E-state index in [4.69, 9.17) is 10.5 Å². The third kappa shape index (κ3) is 4.85. The number of alkyl carbamates (subject to hydrolysis) is 1. The van der Waals surface area contributed by atoms with Gasteiger partial charge in [-0.1, -0.05) is 18.2 Å². The number of nitrogens with two attached hydrogens (primary N) is 1. The van der Waals surface area contributed by atoms with Gasteiger partial charge >= 0.3 is 6.09 Å². The van der Waals surface area contributed by atoms with Gasteiger partial charge in [0.2, 0.25) is 0 Å². The van der Waals surface area contributed by atoms with Gasteiger partial charge in [0.25, 0.3) is 5.69 Å². The van der Waals surface area contributed by atoms with Gasteiger partial charge in [-0.2, -0.15) is 0 Å². The maximum absolute atomic E-state index is 11.5. The van der Waals surface area contributed by atoms with Crippen LogP contribution in [0, 0.1) is 10.1 Å². The van der Waals surface area contributed by atoms with Crippen LogP contribution < -0.4 is 11.1 Å². The van der Waals surface area contributed by atoms with E-state index >= 15 is 0 Å². The molecule has 0 aliphatic rings. The highest BCUT2D eigenvalue weighted by Gasteiger charge is 2.20. The second kappa shape index (κ2) is 6.33. The number of nitro groups is 1. The minimum absolute atomic E-state index is 0.0553. The van der Waals surface area contributed by atoms with Crippen LogP contribution in [-0.4, -0.2) is 23.2 Å². The van der Waals surface area contributed by atoms with Crippen LogP contribution in [-0.2, 0) is 4.74 Å². The number of nitro benzene ring substituents is 1. The first-order valence-electron chi connectivity index (χ1n) is 6.16. The van der Waals surface area contributed by atoms with Gasteiger partial charge in [-0.15, -0.1) is 0 Å². The lowest BCUT2D eigenvalue weighted by Crippen LogP contribution is -2.36. The molecule has 0 radical (unpaired) electrons. The molecule has 0 aliphatic heterocycles. The van der Waals surface area contributed by atoms with Gasteiger partial charge in [-0.05, 0) is 20.8 Å². The van der Waals surface area contributed by atoms with E-state index in [0.717, 1.165) is 0 Å². The van der Waals surface area contributed by atoms with E-state index in [2.05, 4.69) is 5.32 Å². The molecule has 0 saturated heterocycles. The van der Waals surface area contributed by atoms with E-state index in [-0.39, 0.29) is 12.2 Å². The Labute approximate surface area is 117 Å². The third-order valence-corrected chi connectivity index (χ3v) is 2.40. The summed E-state index contributed by atoms with van der Waals surface area (Å²) < 4.78 is 5.06. The molecule has 0 fully saturated rings. The Balaban J connectivity index is 2.66. The smallest absolute Gasteiger partial charge is 0.407 e. The fourth-order valence-corrected chi connectivity index (χ4v) is 1.58. The monoisotopic (exact) mass is 281 g/mol. The number of carbonyl (C=O) groups is 1. The van der Waals surface area contributed by atoms with Gasteiger partial charge in [0.05, 0.1) is 11.0 Å². The summed E-state index contributed by atoms with van der Waals surface area (Å²) in [4.78, 5) is 21.9. The summed E-state index contributed by atoms with van der Waals surface area (Å²) in [6.45, 7) is 5.29. The van der Waals surface area contributed by atoms with Crippen LogP contribution >= 0.6 is 0 Å². The highest BCUT2D eigenvalue weighted by molar-refractivity contribution is 5.67. The van der Waals surface area contributed by atoms with Gasteiger partial charge in [-0.25, -0.2) is 4.79 Å². The number of rotatable bonds is 4. The summed E-state index contributed by atoms with van der Waals surface area (Å²) in [7, 11) is 0. The van der Waals surface area contributed by atoms with E-state index in [0.29, 0.717) is 5.56 Å². The molecular weight excluding hydrogens is 262 g/mol. The van der Waals surface area contributed by atoms with Gasteiger partial charge in [0.1, 0.15) is 5.60 Å². The summed E-state index contributed by atoms with van der Waals surface area (Å²) in [5, 5.41) is 13.4. The fraction of sp³-hybridized carbons (Fsp3) is 0.462. The molecule has 0 unspecified atom stereocenters. The van der Waals surface area contributed by atoms with Crippen LogP contribution in [0.5, 0.6) is 0 Å². The Morgan fingerprint density at radius 2 is 2.05 bits per heavy atom. The maximum Gasteiger partial charge on any atom is 0.407 e. The van der Waals surface area contributed by atoms with Crippen molar-refractivity contribution in [2.45, 2.75) is 32.4 Å². The van der Waals surface area contributed by atoms with E-state index in [9.17, 15) is 14.9 Å². The number of nitrogens with one attached hydrogen (secondary N) is 1. The first-order chi connectivity index (χ1) is 9.20. The summed E-state index contributed by atoms with van der Waals surface area (Å²) in [5.41, 5.74) is 5.57. The second-order valence-corrected chi connectivity index (χ2v) is 5.31. The van der Waals surface area contributed by atoms with Crippen molar-refractivity contribution in [3.8, 4) is 0 Å². The Hall–Kier alpha value is -2.15. The van der Waals surface area contributed by atoms with Crippen molar-refractivity contribution < 1.29 is 14.5 Å². The molecule has 0 spiro atoms. The molecule has 0 heterocycles. The van der Waals surface area contributed by atoms with Crippen LogP contribution in [0.3, 0.4) is 0 Å². The highest BCUT2D eigenvalue weighted by Crippen LogP contribution is 2.22. The molecule has 0 bridgehead atoms. The molecule has 1 atom stereocenters. The number of carbonyl (C=O) groups excluding carboxylic acids is 1. The molecule has 0 aromatic heterocycles. The predicted octanol–water partition coefficient (Wildman–Crippen LogP) is 2.12. The van der Waals surface area contributed by atoms with E-state index < -0.39 is 22.7 Å². The van der Waals surface area contributed by atoms with Crippen molar-refractivity contribution in [2.75, 3.05) is 6.54 Å². The molecule has 110 valence electrons. The van der Waals surface area contributed by atoms with Gasteiger partial charge < -0.3 is 15.8 Å². The van der Waals surface area contributed by atoms with Gasteiger partial charge in [0.15, 0.2) is 0 Å². The Bertz CT molecular complexity index is 497. The van der Waals surface area contributed by atoms with Crippen molar-refractivity contribution in [3.05, 3.63) is 39.9 Å². The Kier molecular flexibility index (Phi) is 5.04. The molecule has 7 heteroatoms. The second-order valence-electron chi connectivity index (χ2n) is 5.31. The summed E-state index contributed by atoms with van der Waals surface area (Å²) in [6, 6.07) is 5.50. The molecular formula is C13H19N3O4. The average Bonchev–Trinajstić information content (AvgIpc) is 2.33. The average molecular weight is 281 g/mol. The predicted molar refractivity (Wildman–Crippen MR) is 74.3 cm³/mol. The SMILES string of the molecule is CC(C)(C)OC(=O)NC[C@@H](N)c1ccccc1[N+](=O)[O-]. The zero-order valence-corrected chi connectivity index (χ0v) is 11.8. The van der Waals surface area contributed by atoms with Crippen molar-refractivity contribution in [2.24, 2.45) is 5.73 Å². The number of hydrogen-bond donors (Lipinski definition) is 2. The molecule has 1 aromatic carbocycles. The largest absolute Gasteiger partial charge is 0.444 e. The maximum atomic E-state index is 11.5. The molecule has 0 saturated carbocycles. The number of nitrogens with zero attached hydrogens (tertiary/aromatic N) is 1. The molecule has 1 aromatic rings. The van der Waals surface area contributed by atoms with Crippen LogP contribution in [0.15, 0.2) is 24.3 Å². The molecule has 7 nitrogen and oxygen atoms in total. The number of benzene rings is 1. The zero-order valence-electron chi connectivity index (χ0n) is 11.8. The minimum atomic E-state index is -0.677. The Morgan fingerprint density at radius 1 is 1.45 bits per heavy atom. The van der Waals surface area contributed by atoms with E-state index in [1.807, 2.05) is 0 Å². The van der Waals surface area contributed by atoms with Crippen molar-refractivity contribution in [1.29, 1.82) is 0 Å². The molecule has 20 heavy (non-hydrogen) atoms. The highest BCUT2D eigenvalue weighted by atomic mass is 16.6. The lowest BCUT2D eigenvalue weighted by atomic mass is 10.1. The standard InChI is InChI=1S/C13H19N3O4/c1-13(2,3)20-12(17)15-8-10(14)9-6-4-5-7-11(9)16(18)19/h4-7,10H,8,14H2,1-3H3,(H,15,17)/t10-/m1/s1. The first kappa shape index (κ1) is 15.9. The molecule has 1 rings (SSSR count). The van der Waals surface area contributed by atoms with E-state index in [1.54, 1.807) is 39.0 Å². The fourth-order valence-electron chi connectivity index (χ4n) is 1.58. The zero-order chi connectivity index (χ0) is 15.3. The molecule has 0 aliphatic carbocycles. The van der Waals surface area contributed by atoms with Crippen LogP contribution in [0.4, 0.5) is 10.5 Å². The third-order valence-electron chi connectivity index (χ3n) is 2.40. The number of amides is 1. The summed E-state index contributed by atoms with van der Waals surface area (Å²) in [5.74, 6) is 0. The minimum Gasteiger partial charge on any atom is -0.444 e. The van der Waals surface area contributed by atoms with Crippen LogP contribution in [0.1, 0.15) is 32.4 Å². The van der Waals surface area contributed by atoms with Crippen LogP contribution in [0.25, 0.3) is 0 Å².